The molecule has 3 heterocycles. The fourth-order valence-electron chi connectivity index (χ4n) is 4.56. The molecule has 1 aliphatic carbocycles. The average molecular weight is 369 g/mol. The van der Waals surface area contributed by atoms with E-state index in [0.717, 1.165) is 22.9 Å². The van der Waals surface area contributed by atoms with Crippen LogP contribution in [0.2, 0.25) is 0 Å². The lowest BCUT2D eigenvalue weighted by Crippen LogP contribution is -2.45. The molecule has 0 radical (unpaired) electrons. The van der Waals surface area contributed by atoms with E-state index in [1.54, 1.807) is 7.11 Å². The number of carboxylic acid groups (broad SMARTS) is 1. The fourth-order valence-corrected chi connectivity index (χ4v) is 4.56. The molecule has 3 aliphatic rings. The number of nitrogens with zero attached hydrogens (tertiary/aromatic N) is 3. The van der Waals surface area contributed by atoms with Gasteiger partial charge in [0.15, 0.2) is 0 Å². The van der Waals surface area contributed by atoms with Gasteiger partial charge >= 0.3 is 5.97 Å². The smallest absolute Gasteiger partial charge is 0.315 e. The highest BCUT2D eigenvalue weighted by Crippen LogP contribution is 2.50. The number of fused-ring (bicyclic) bond motifs is 3. The maximum absolute atomic E-state index is 12.3. The summed E-state index contributed by atoms with van der Waals surface area (Å²) in [6, 6.07) is 6.24. The van der Waals surface area contributed by atoms with Crippen molar-refractivity contribution in [3.05, 3.63) is 42.0 Å². The number of hydrogen-bond acceptors (Lipinski definition) is 5. The van der Waals surface area contributed by atoms with Crippen molar-refractivity contribution < 1.29 is 19.4 Å². The lowest BCUT2D eigenvalue weighted by atomic mass is 9.73. The molecule has 7 nitrogen and oxygen atoms in total. The highest BCUT2D eigenvalue weighted by Gasteiger charge is 2.56. The highest BCUT2D eigenvalue weighted by molar-refractivity contribution is 5.78. The van der Waals surface area contributed by atoms with Crippen LogP contribution in [0.5, 0.6) is 11.5 Å². The van der Waals surface area contributed by atoms with Crippen LogP contribution in [0.25, 0.3) is 0 Å². The molecular weight excluding hydrogens is 346 g/mol. The SMILES string of the molecule is COc1ccc2c(c1)OC[C@]1(C(=O)O)CN(Cc3nccn3C3CC3)C[C@H]21. The minimum absolute atomic E-state index is 0.103. The number of hydrogen-bond donors (Lipinski definition) is 1. The van der Waals surface area contributed by atoms with Gasteiger partial charge in [0.1, 0.15) is 29.3 Å². The van der Waals surface area contributed by atoms with Crippen molar-refractivity contribution in [2.24, 2.45) is 5.41 Å². The van der Waals surface area contributed by atoms with Crippen LogP contribution < -0.4 is 9.47 Å². The van der Waals surface area contributed by atoms with E-state index in [1.807, 2.05) is 30.6 Å². The van der Waals surface area contributed by atoms with Gasteiger partial charge in [-0.2, -0.15) is 0 Å². The van der Waals surface area contributed by atoms with Crippen molar-refractivity contribution in [1.82, 2.24) is 14.5 Å². The first-order valence-electron chi connectivity index (χ1n) is 9.39. The molecule has 0 unspecified atom stereocenters. The van der Waals surface area contributed by atoms with Gasteiger partial charge in [0.25, 0.3) is 0 Å². The number of aliphatic carboxylic acids is 1. The van der Waals surface area contributed by atoms with Crippen LogP contribution >= 0.6 is 0 Å². The van der Waals surface area contributed by atoms with Crippen LogP contribution in [0.3, 0.4) is 0 Å². The molecule has 2 aliphatic heterocycles. The van der Waals surface area contributed by atoms with Gasteiger partial charge < -0.3 is 19.1 Å². The minimum atomic E-state index is -0.918. The lowest BCUT2D eigenvalue weighted by molar-refractivity contribution is -0.151. The molecule has 7 heteroatoms. The third kappa shape index (κ3) is 2.60. The van der Waals surface area contributed by atoms with Gasteiger partial charge in [0, 0.05) is 49.1 Å². The zero-order valence-corrected chi connectivity index (χ0v) is 15.3. The van der Waals surface area contributed by atoms with Gasteiger partial charge in [0.05, 0.1) is 13.7 Å². The first-order valence-corrected chi connectivity index (χ1v) is 9.39. The van der Waals surface area contributed by atoms with Crippen molar-refractivity contribution in [1.29, 1.82) is 0 Å². The third-order valence-electron chi connectivity index (χ3n) is 6.18. The molecule has 1 saturated carbocycles. The van der Waals surface area contributed by atoms with Crippen LogP contribution in [0.15, 0.2) is 30.6 Å². The second-order valence-corrected chi connectivity index (χ2v) is 7.86. The maximum Gasteiger partial charge on any atom is 0.315 e. The summed E-state index contributed by atoms with van der Waals surface area (Å²) >= 11 is 0. The lowest BCUT2D eigenvalue weighted by Gasteiger charge is -2.36. The molecular formula is C20H23N3O4. The van der Waals surface area contributed by atoms with E-state index >= 15 is 0 Å². The number of carboxylic acids is 1. The van der Waals surface area contributed by atoms with Gasteiger partial charge in [-0.25, -0.2) is 4.98 Å². The standard InChI is InChI=1S/C20H23N3O4/c1-26-14-4-5-15-16-9-22(10-18-21-6-7-23(18)13-2-3-13)11-20(16,19(24)25)12-27-17(15)8-14/h4-8,13,16H,2-3,9-12H2,1H3,(H,24,25)/t16-,20-/m1/s1. The number of imidazole rings is 1. The first-order chi connectivity index (χ1) is 13.1. The number of rotatable bonds is 5. The Hall–Kier alpha value is -2.54. The van der Waals surface area contributed by atoms with Crippen LogP contribution in [0.4, 0.5) is 0 Å². The average Bonchev–Trinajstić information content (AvgIpc) is 3.28. The van der Waals surface area contributed by atoms with Crippen LogP contribution in [0, 0.1) is 5.41 Å². The fraction of sp³-hybridized carbons (Fsp3) is 0.500. The zero-order valence-electron chi connectivity index (χ0n) is 15.3. The summed E-state index contributed by atoms with van der Waals surface area (Å²) in [5, 5.41) is 10.1. The molecule has 2 fully saturated rings. The van der Waals surface area contributed by atoms with E-state index in [0.29, 0.717) is 25.7 Å². The monoisotopic (exact) mass is 369 g/mol. The van der Waals surface area contributed by atoms with Crippen LogP contribution in [-0.4, -0.2) is 52.3 Å². The Kier molecular flexibility index (Phi) is 3.69. The topological polar surface area (TPSA) is 76.8 Å². The first kappa shape index (κ1) is 16.6. The predicted molar refractivity (Wildman–Crippen MR) is 97.1 cm³/mol. The molecule has 1 saturated heterocycles. The molecule has 5 rings (SSSR count). The number of ether oxygens (including phenoxy) is 2. The van der Waals surface area contributed by atoms with Crippen molar-refractivity contribution >= 4 is 5.97 Å². The minimum Gasteiger partial charge on any atom is -0.497 e. The van der Waals surface area contributed by atoms with E-state index in [-0.39, 0.29) is 12.5 Å². The van der Waals surface area contributed by atoms with Crippen LogP contribution in [-0.2, 0) is 11.3 Å². The van der Waals surface area contributed by atoms with Crippen LogP contribution in [0.1, 0.15) is 36.2 Å². The molecule has 1 N–H and O–H groups in total. The summed E-state index contributed by atoms with van der Waals surface area (Å²) in [4.78, 5) is 19.0. The maximum atomic E-state index is 12.3. The van der Waals surface area contributed by atoms with Gasteiger partial charge in [-0.1, -0.05) is 6.07 Å². The molecule has 0 amide bonds. The second kappa shape index (κ2) is 5.99. The Labute approximate surface area is 157 Å². The number of aromatic nitrogens is 2. The Bertz CT molecular complexity index is 891. The van der Waals surface area contributed by atoms with Crippen molar-refractivity contribution in [2.75, 3.05) is 26.8 Å². The van der Waals surface area contributed by atoms with Crippen molar-refractivity contribution in [3.63, 3.8) is 0 Å². The van der Waals surface area contributed by atoms with E-state index in [1.165, 1.54) is 12.8 Å². The highest BCUT2D eigenvalue weighted by atomic mass is 16.5. The molecule has 142 valence electrons. The summed E-state index contributed by atoms with van der Waals surface area (Å²) in [6.07, 6.45) is 6.28. The summed E-state index contributed by atoms with van der Waals surface area (Å²) in [7, 11) is 1.62. The number of likely N-dealkylation sites (tertiary alicyclic amines) is 1. The summed E-state index contributed by atoms with van der Waals surface area (Å²) in [6.45, 7) is 2.00. The normalized spacial score (nSPS) is 26.9. The molecule has 27 heavy (non-hydrogen) atoms. The Morgan fingerprint density at radius 1 is 1.44 bits per heavy atom. The Morgan fingerprint density at radius 2 is 2.30 bits per heavy atom. The van der Waals surface area contributed by atoms with E-state index in [4.69, 9.17) is 9.47 Å². The number of benzene rings is 1. The number of methoxy groups -OCH3 is 1. The van der Waals surface area contributed by atoms with Gasteiger partial charge in [-0.15, -0.1) is 0 Å². The Morgan fingerprint density at radius 3 is 3.04 bits per heavy atom. The molecule has 2 aromatic rings. The summed E-state index contributed by atoms with van der Waals surface area (Å²) in [5.41, 5.74) is 0.0379. The second-order valence-electron chi connectivity index (χ2n) is 7.86. The third-order valence-corrected chi connectivity index (χ3v) is 6.18. The molecule has 1 aromatic heterocycles. The molecule has 1 aromatic carbocycles. The molecule has 0 spiro atoms. The van der Waals surface area contributed by atoms with E-state index < -0.39 is 11.4 Å². The van der Waals surface area contributed by atoms with Crippen molar-refractivity contribution in [2.45, 2.75) is 31.3 Å². The van der Waals surface area contributed by atoms with Gasteiger partial charge in [0.2, 0.25) is 0 Å². The Balaban J connectivity index is 1.45. The molecule has 0 bridgehead atoms. The predicted octanol–water partition coefficient (Wildman–Crippen LogP) is 2.29. The quantitative estimate of drug-likeness (QED) is 0.871. The summed E-state index contributed by atoms with van der Waals surface area (Å²) < 4.78 is 13.4. The largest absolute Gasteiger partial charge is 0.497 e. The van der Waals surface area contributed by atoms with Gasteiger partial charge in [-0.05, 0) is 18.9 Å². The van der Waals surface area contributed by atoms with E-state index in [9.17, 15) is 9.90 Å². The summed E-state index contributed by atoms with van der Waals surface area (Å²) in [5.74, 6) is 1.58. The van der Waals surface area contributed by atoms with Crippen molar-refractivity contribution in [3.8, 4) is 11.5 Å². The zero-order chi connectivity index (χ0) is 18.6. The van der Waals surface area contributed by atoms with Gasteiger partial charge in [-0.3, -0.25) is 9.69 Å². The number of carbonyl (C=O) groups is 1. The van der Waals surface area contributed by atoms with E-state index in [2.05, 4.69) is 14.5 Å². The molecule has 2 atom stereocenters.